The fourth-order valence-corrected chi connectivity index (χ4v) is 2.57. The molecular formula is C12H15BrO4S. The lowest BCUT2D eigenvalue weighted by Gasteiger charge is -2.08. The van der Waals surface area contributed by atoms with Gasteiger partial charge in [0, 0.05) is 10.2 Å². The summed E-state index contributed by atoms with van der Waals surface area (Å²) in [6.07, 6.45) is 1.13. The van der Waals surface area contributed by atoms with E-state index < -0.39 is 9.84 Å². The Morgan fingerprint density at radius 3 is 2.72 bits per heavy atom. The Kier molecular flexibility index (Phi) is 5.81. The molecule has 0 bridgehead atoms. The van der Waals surface area contributed by atoms with E-state index in [0.717, 1.165) is 4.47 Å². The van der Waals surface area contributed by atoms with Crippen molar-refractivity contribution in [2.45, 2.75) is 13.3 Å². The van der Waals surface area contributed by atoms with Gasteiger partial charge in [-0.25, -0.2) is 8.42 Å². The number of rotatable bonds is 7. The molecule has 0 aliphatic rings. The molecule has 0 fully saturated rings. The molecule has 0 saturated heterocycles. The minimum absolute atomic E-state index is 0.108. The van der Waals surface area contributed by atoms with Crippen LogP contribution >= 0.6 is 15.9 Å². The molecule has 100 valence electrons. The lowest BCUT2D eigenvalue weighted by Crippen LogP contribution is -2.12. The Hall–Kier alpha value is -0.880. The zero-order valence-corrected chi connectivity index (χ0v) is 12.5. The quantitative estimate of drug-likeness (QED) is 0.567. The van der Waals surface area contributed by atoms with Crippen molar-refractivity contribution in [3.05, 3.63) is 28.2 Å². The zero-order valence-electron chi connectivity index (χ0n) is 10.1. The van der Waals surface area contributed by atoms with Gasteiger partial charge in [0.25, 0.3) is 0 Å². The first kappa shape index (κ1) is 15.2. The van der Waals surface area contributed by atoms with Crippen LogP contribution in [0.15, 0.2) is 22.7 Å². The SMILES string of the molecule is CCS(=O)(=O)CCCOc1ccc(Br)cc1C=O. The first-order valence-corrected chi connectivity index (χ1v) is 8.18. The number of hydrogen-bond donors (Lipinski definition) is 0. The van der Waals surface area contributed by atoms with E-state index >= 15 is 0 Å². The van der Waals surface area contributed by atoms with Crippen molar-refractivity contribution in [2.24, 2.45) is 0 Å². The molecule has 1 aromatic rings. The van der Waals surface area contributed by atoms with Gasteiger partial charge in [-0.2, -0.15) is 0 Å². The maximum atomic E-state index is 11.3. The highest BCUT2D eigenvalue weighted by Gasteiger charge is 2.08. The average Bonchev–Trinajstić information content (AvgIpc) is 2.36. The first-order chi connectivity index (χ1) is 8.48. The lowest BCUT2D eigenvalue weighted by atomic mass is 10.2. The second-order valence-corrected chi connectivity index (χ2v) is 7.13. The third-order valence-electron chi connectivity index (χ3n) is 2.40. The monoisotopic (exact) mass is 334 g/mol. The van der Waals surface area contributed by atoms with Crippen LogP contribution in [-0.4, -0.2) is 32.8 Å². The van der Waals surface area contributed by atoms with Crippen LogP contribution in [0.5, 0.6) is 5.75 Å². The minimum atomic E-state index is -2.95. The van der Waals surface area contributed by atoms with Gasteiger partial charge in [0.15, 0.2) is 6.29 Å². The number of benzene rings is 1. The molecular weight excluding hydrogens is 320 g/mol. The normalized spacial score (nSPS) is 11.2. The molecule has 0 aromatic heterocycles. The molecule has 0 N–H and O–H groups in total. The van der Waals surface area contributed by atoms with Crippen LogP contribution in [0.25, 0.3) is 0 Å². The van der Waals surface area contributed by atoms with Crippen LogP contribution in [0.3, 0.4) is 0 Å². The van der Waals surface area contributed by atoms with Crippen molar-refractivity contribution in [3.63, 3.8) is 0 Å². The Balaban J connectivity index is 2.52. The number of carbonyl (C=O) groups excluding carboxylic acids is 1. The van der Waals surface area contributed by atoms with E-state index in [-0.39, 0.29) is 18.1 Å². The number of ether oxygens (including phenoxy) is 1. The number of carbonyl (C=O) groups is 1. The largest absolute Gasteiger partial charge is 0.493 e. The Morgan fingerprint density at radius 2 is 2.11 bits per heavy atom. The molecule has 0 aliphatic heterocycles. The molecule has 0 saturated carbocycles. The average molecular weight is 335 g/mol. The highest BCUT2D eigenvalue weighted by Crippen LogP contribution is 2.21. The second-order valence-electron chi connectivity index (χ2n) is 3.74. The van der Waals surface area contributed by atoms with E-state index in [0.29, 0.717) is 24.0 Å². The summed E-state index contributed by atoms with van der Waals surface area (Å²) in [5, 5.41) is 0. The van der Waals surface area contributed by atoms with Gasteiger partial charge in [0.2, 0.25) is 0 Å². The summed E-state index contributed by atoms with van der Waals surface area (Å²) in [5.74, 6) is 0.725. The molecule has 0 radical (unpaired) electrons. The Bertz CT molecular complexity index is 511. The third kappa shape index (κ3) is 4.78. The predicted molar refractivity (Wildman–Crippen MR) is 74.0 cm³/mol. The maximum absolute atomic E-state index is 11.3. The molecule has 0 atom stereocenters. The van der Waals surface area contributed by atoms with Crippen molar-refractivity contribution >= 4 is 32.1 Å². The van der Waals surface area contributed by atoms with Gasteiger partial charge in [-0.1, -0.05) is 22.9 Å². The highest BCUT2D eigenvalue weighted by molar-refractivity contribution is 9.10. The Labute approximate surface area is 115 Å². The summed E-state index contributed by atoms with van der Waals surface area (Å²) in [6, 6.07) is 5.11. The number of aldehydes is 1. The number of sulfone groups is 1. The van der Waals surface area contributed by atoms with E-state index in [1.54, 1.807) is 25.1 Å². The van der Waals surface area contributed by atoms with Crippen LogP contribution in [-0.2, 0) is 9.84 Å². The van der Waals surface area contributed by atoms with Crippen molar-refractivity contribution < 1.29 is 17.9 Å². The van der Waals surface area contributed by atoms with Gasteiger partial charge in [0.1, 0.15) is 15.6 Å². The van der Waals surface area contributed by atoms with Crippen LogP contribution in [0.2, 0.25) is 0 Å². The molecule has 4 nitrogen and oxygen atoms in total. The van der Waals surface area contributed by atoms with Crippen LogP contribution in [0.4, 0.5) is 0 Å². The van der Waals surface area contributed by atoms with Gasteiger partial charge in [-0.15, -0.1) is 0 Å². The molecule has 6 heteroatoms. The summed E-state index contributed by atoms with van der Waals surface area (Å²) < 4.78 is 28.7. The van der Waals surface area contributed by atoms with Crippen molar-refractivity contribution in [1.29, 1.82) is 0 Å². The van der Waals surface area contributed by atoms with E-state index in [1.807, 2.05) is 0 Å². The minimum Gasteiger partial charge on any atom is -0.493 e. The van der Waals surface area contributed by atoms with Gasteiger partial charge in [-0.05, 0) is 24.6 Å². The number of hydrogen-bond acceptors (Lipinski definition) is 4. The fourth-order valence-electron chi connectivity index (χ4n) is 1.35. The smallest absolute Gasteiger partial charge is 0.153 e. The molecule has 0 spiro atoms. The molecule has 1 rings (SSSR count). The molecule has 0 heterocycles. The second kappa shape index (κ2) is 6.89. The maximum Gasteiger partial charge on any atom is 0.153 e. The standard InChI is InChI=1S/C12H15BrO4S/c1-2-18(15,16)7-3-6-17-12-5-4-11(13)8-10(12)9-14/h4-5,8-9H,2-3,6-7H2,1H3. The van der Waals surface area contributed by atoms with Gasteiger partial charge in [-0.3, -0.25) is 4.79 Å². The Morgan fingerprint density at radius 1 is 1.39 bits per heavy atom. The van der Waals surface area contributed by atoms with E-state index in [1.165, 1.54) is 0 Å². The van der Waals surface area contributed by atoms with Crippen molar-refractivity contribution in [2.75, 3.05) is 18.1 Å². The summed E-state index contributed by atoms with van der Waals surface area (Å²) in [4.78, 5) is 10.8. The fraction of sp³-hybridized carbons (Fsp3) is 0.417. The van der Waals surface area contributed by atoms with Crippen LogP contribution < -0.4 is 4.74 Å². The number of halogens is 1. The summed E-state index contributed by atoms with van der Waals surface area (Å²) in [6.45, 7) is 1.90. The van der Waals surface area contributed by atoms with E-state index in [9.17, 15) is 13.2 Å². The summed E-state index contributed by atoms with van der Waals surface area (Å²) >= 11 is 3.26. The van der Waals surface area contributed by atoms with Crippen molar-refractivity contribution in [1.82, 2.24) is 0 Å². The van der Waals surface area contributed by atoms with Crippen LogP contribution in [0, 0.1) is 0 Å². The van der Waals surface area contributed by atoms with Gasteiger partial charge >= 0.3 is 0 Å². The zero-order chi connectivity index (χ0) is 13.6. The molecule has 0 unspecified atom stereocenters. The van der Waals surface area contributed by atoms with Crippen LogP contribution in [0.1, 0.15) is 23.7 Å². The van der Waals surface area contributed by atoms with Gasteiger partial charge < -0.3 is 4.74 Å². The third-order valence-corrected chi connectivity index (χ3v) is 4.68. The molecule has 18 heavy (non-hydrogen) atoms. The van der Waals surface area contributed by atoms with Gasteiger partial charge in [0.05, 0.1) is 17.9 Å². The lowest BCUT2D eigenvalue weighted by molar-refractivity contribution is 0.111. The van der Waals surface area contributed by atoms with Crippen molar-refractivity contribution in [3.8, 4) is 5.75 Å². The molecule has 0 amide bonds. The summed E-state index contributed by atoms with van der Waals surface area (Å²) in [7, 11) is -2.95. The molecule has 1 aromatic carbocycles. The molecule has 0 aliphatic carbocycles. The van der Waals surface area contributed by atoms with E-state index in [4.69, 9.17) is 4.74 Å². The first-order valence-electron chi connectivity index (χ1n) is 5.56. The van der Waals surface area contributed by atoms with E-state index in [2.05, 4.69) is 15.9 Å². The summed E-state index contributed by atoms with van der Waals surface area (Å²) in [5.41, 5.74) is 0.447. The topological polar surface area (TPSA) is 60.4 Å². The predicted octanol–water partition coefficient (Wildman–Crippen LogP) is 2.47. The highest BCUT2D eigenvalue weighted by atomic mass is 79.9.